The lowest BCUT2D eigenvalue weighted by Gasteiger charge is -2.06. The number of nitrogens with zero attached hydrogens (tertiary/aromatic N) is 4. The van der Waals surface area contributed by atoms with E-state index in [-0.39, 0.29) is 11.6 Å². The summed E-state index contributed by atoms with van der Waals surface area (Å²) in [6, 6.07) is 17.3. The predicted molar refractivity (Wildman–Crippen MR) is 104 cm³/mol. The van der Waals surface area contributed by atoms with Gasteiger partial charge in [-0.2, -0.15) is 5.10 Å². The molecule has 2 aromatic heterocycles. The molecule has 2 aromatic carbocycles. The van der Waals surface area contributed by atoms with Gasteiger partial charge < -0.3 is 5.32 Å². The number of amides is 1. The number of nitro groups is 1. The van der Waals surface area contributed by atoms with Crippen LogP contribution < -0.4 is 5.32 Å². The van der Waals surface area contributed by atoms with Crippen molar-refractivity contribution in [3.8, 4) is 0 Å². The minimum atomic E-state index is -0.490. The molecule has 28 heavy (non-hydrogen) atoms. The Hall–Kier alpha value is -4.07. The average Bonchev–Trinajstić information content (AvgIpc) is 3.11. The van der Waals surface area contributed by atoms with Crippen molar-refractivity contribution in [1.82, 2.24) is 14.8 Å². The van der Waals surface area contributed by atoms with E-state index in [0.717, 1.165) is 10.9 Å². The van der Waals surface area contributed by atoms with Gasteiger partial charge in [-0.15, -0.1) is 0 Å². The molecule has 4 rings (SSSR count). The number of hydrogen-bond acceptors (Lipinski definition) is 5. The van der Waals surface area contributed by atoms with E-state index in [4.69, 9.17) is 0 Å². The Bertz CT molecular complexity index is 1150. The molecule has 0 unspecified atom stereocenters. The largest absolute Gasteiger partial charge is 0.322 e. The number of nitro benzene ring substituents is 1. The number of carbonyl (C=O) groups excluding carboxylic acids is 1. The number of aromatic nitrogens is 3. The van der Waals surface area contributed by atoms with Crippen molar-refractivity contribution < 1.29 is 9.72 Å². The van der Waals surface area contributed by atoms with Crippen molar-refractivity contribution in [2.75, 3.05) is 5.32 Å². The molecule has 8 heteroatoms. The number of nitrogens with one attached hydrogen (secondary N) is 1. The van der Waals surface area contributed by atoms with Gasteiger partial charge >= 0.3 is 0 Å². The Labute approximate surface area is 159 Å². The molecule has 1 amide bonds. The van der Waals surface area contributed by atoms with Gasteiger partial charge in [0.2, 0.25) is 0 Å². The van der Waals surface area contributed by atoms with Crippen LogP contribution in [0.1, 0.15) is 15.9 Å². The number of pyridine rings is 1. The molecule has 0 aliphatic heterocycles. The van der Waals surface area contributed by atoms with E-state index >= 15 is 0 Å². The Balaban J connectivity index is 1.53. The topological polar surface area (TPSA) is 103 Å². The van der Waals surface area contributed by atoms with E-state index in [1.807, 2.05) is 30.3 Å². The molecule has 0 spiro atoms. The van der Waals surface area contributed by atoms with Gasteiger partial charge in [0.05, 0.1) is 23.2 Å². The van der Waals surface area contributed by atoms with Crippen molar-refractivity contribution in [3.63, 3.8) is 0 Å². The molecule has 0 atom stereocenters. The molecule has 0 aliphatic rings. The van der Waals surface area contributed by atoms with Gasteiger partial charge in [-0.05, 0) is 23.8 Å². The van der Waals surface area contributed by atoms with Crippen molar-refractivity contribution in [3.05, 3.63) is 94.3 Å². The molecular weight excluding hydrogens is 358 g/mol. The average molecular weight is 373 g/mol. The molecule has 138 valence electrons. The molecule has 0 saturated heterocycles. The minimum absolute atomic E-state index is 0.0353. The first-order valence-electron chi connectivity index (χ1n) is 8.51. The number of non-ortho nitro benzene ring substituents is 1. The lowest BCUT2D eigenvalue weighted by atomic mass is 10.2. The van der Waals surface area contributed by atoms with Crippen molar-refractivity contribution in [1.29, 1.82) is 0 Å². The van der Waals surface area contributed by atoms with Gasteiger partial charge in [-0.1, -0.05) is 30.3 Å². The normalized spacial score (nSPS) is 10.7. The van der Waals surface area contributed by atoms with Crippen LogP contribution in [-0.2, 0) is 6.54 Å². The van der Waals surface area contributed by atoms with Crippen LogP contribution in [-0.4, -0.2) is 25.6 Å². The molecule has 2 heterocycles. The third kappa shape index (κ3) is 3.56. The van der Waals surface area contributed by atoms with Crippen LogP contribution in [0.4, 0.5) is 11.4 Å². The summed E-state index contributed by atoms with van der Waals surface area (Å²) >= 11 is 0. The van der Waals surface area contributed by atoms with E-state index in [1.165, 1.54) is 30.5 Å². The standard InChI is InChI=1S/C20H15N5O3/c26-20(23-17-6-8-18(9-7-17)25(27)28)16-10-15-12-22-24(19(15)21-11-16)13-14-4-2-1-3-5-14/h1-12H,13H2,(H,23,26). The summed E-state index contributed by atoms with van der Waals surface area (Å²) in [5.74, 6) is -0.348. The highest BCUT2D eigenvalue weighted by molar-refractivity contribution is 6.05. The number of rotatable bonds is 5. The highest BCUT2D eigenvalue weighted by Gasteiger charge is 2.12. The smallest absolute Gasteiger partial charge is 0.269 e. The zero-order valence-corrected chi connectivity index (χ0v) is 14.6. The van der Waals surface area contributed by atoms with Crippen LogP contribution in [0.15, 0.2) is 73.1 Å². The number of carbonyl (C=O) groups is 1. The lowest BCUT2D eigenvalue weighted by molar-refractivity contribution is -0.384. The van der Waals surface area contributed by atoms with Gasteiger partial charge in [0, 0.05) is 29.4 Å². The number of benzene rings is 2. The van der Waals surface area contributed by atoms with E-state index in [9.17, 15) is 14.9 Å². The fourth-order valence-corrected chi connectivity index (χ4v) is 2.84. The van der Waals surface area contributed by atoms with E-state index < -0.39 is 4.92 Å². The molecule has 0 bridgehead atoms. The monoisotopic (exact) mass is 373 g/mol. The Morgan fingerprint density at radius 2 is 1.82 bits per heavy atom. The summed E-state index contributed by atoms with van der Waals surface area (Å²) in [5, 5.41) is 18.5. The fourth-order valence-electron chi connectivity index (χ4n) is 2.84. The second-order valence-electron chi connectivity index (χ2n) is 6.18. The van der Waals surface area contributed by atoms with E-state index in [0.29, 0.717) is 23.4 Å². The maximum atomic E-state index is 12.5. The molecule has 0 radical (unpaired) electrons. The van der Waals surface area contributed by atoms with Crippen LogP contribution in [0.5, 0.6) is 0 Å². The first-order valence-corrected chi connectivity index (χ1v) is 8.51. The van der Waals surface area contributed by atoms with Gasteiger partial charge in [0.1, 0.15) is 0 Å². The summed E-state index contributed by atoms with van der Waals surface area (Å²) in [5.41, 5.74) is 2.61. The minimum Gasteiger partial charge on any atom is -0.322 e. The van der Waals surface area contributed by atoms with Crippen molar-refractivity contribution in [2.45, 2.75) is 6.54 Å². The summed E-state index contributed by atoms with van der Waals surface area (Å²) < 4.78 is 1.78. The Morgan fingerprint density at radius 3 is 2.54 bits per heavy atom. The first kappa shape index (κ1) is 17.3. The second kappa shape index (κ2) is 7.28. The zero-order chi connectivity index (χ0) is 19.5. The summed E-state index contributed by atoms with van der Waals surface area (Å²) in [7, 11) is 0. The maximum Gasteiger partial charge on any atom is 0.269 e. The second-order valence-corrected chi connectivity index (χ2v) is 6.18. The van der Waals surface area contributed by atoms with Crippen LogP contribution in [0.25, 0.3) is 11.0 Å². The highest BCUT2D eigenvalue weighted by Crippen LogP contribution is 2.18. The molecule has 0 saturated carbocycles. The molecule has 0 fully saturated rings. The van der Waals surface area contributed by atoms with Crippen molar-refractivity contribution >= 4 is 28.3 Å². The number of fused-ring (bicyclic) bond motifs is 1. The van der Waals surface area contributed by atoms with Gasteiger partial charge in [-0.3, -0.25) is 14.9 Å². The van der Waals surface area contributed by atoms with E-state index in [2.05, 4.69) is 15.4 Å². The molecule has 1 N–H and O–H groups in total. The predicted octanol–water partition coefficient (Wildman–Crippen LogP) is 3.64. The van der Waals surface area contributed by atoms with E-state index in [1.54, 1.807) is 16.9 Å². The molecule has 8 nitrogen and oxygen atoms in total. The fraction of sp³-hybridized carbons (Fsp3) is 0.0500. The SMILES string of the molecule is O=C(Nc1ccc([N+](=O)[O-])cc1)c1cnc2c(cnn2Cc2ccccc2)c1. The number of anilines is 1. The summed E-state index contributed by atoms with van der Waals surface area (Å²) in [6.45, 7) is 0.589. The maximum absolute atomic E-state index is 12.5. The zero-order valence-electron chi connectivity index (χ0n) is 14.6. The molecule has 4 aromatic rings. The highest BCUT2D eigenvalue weighted by atomic mass is 16.6. The van der Waals surface area contributed by atoms with Gasteiger partial charge in [0.25, 0.3) is 11.6 Å². The third-order valence-electron chi connectivity index (χ3n) is 4.25. The van der Waals surface area contributed by atoms with Crippen LogP contribution in [0.2, 0.25) is 0 Å². The summed E-state index contributed by atoms with van der Waals surface area (Å²) in [4.78, 5) is 27.1. The number of hydrogen-bond donors (Lipinski definition) is 1. The van der Waals surface area contributed by atoms with Gasteiger partial charge in [-0.25, -0.2) is 9.67 Å². The third-order valence-corrected chi connectivity index (χ3v) is 4.25. The van der Waals surface area contributed by atoms with Crippen molar-refractivity contribution in [2.24, 2.45) is 0 Å². The Morgan fingerprint density at radius 1 is 1.07 bits per heavy atom. The van der Waals surface area contributed by atoms with Gasteiger partial charge in [0.15, 0.2) is 5.65 Å². The molecule has 0 aliphatic carbocycles. The van der Waals surface area contributed by atoms with Crippen LogP contribution >= 0.6 is 0 Å². The Kier molecular flexibility index (Phi) is 4.51. The van der Waals surface area contributed by atoms with Crippen LogP contribution in [0, 0.1) is 10.1 Å². The first-order chi connectivity index (χ1) is 13.6. The quantitative estimate of drug-likeness (QED) is 0.425. The summed E-state index contributed by atoms with van der Waals surface area (Å²) in [6.07, 6.45) is 3.17. The molecular formula is C20H15N5O3. The van der Waals surface area contributed by atoms with Crippen LogP contribution in [0.3, 0.4) is 0 Å². The lowest BCUT2D eigenvalue weighted by Crippen LogP contribution is -2.12.